The first-order valence-corrected chi connectivity index (χ1v) is 7.81. The van der Waals surface area contributed by atoms with E-state index in [1.54, 1.807) is 22.7 Å². The van der Waals surface area contributed by atoms with Crippen LogP contribution in [0.3, 0.4) is 0 Å². The van der Waals surface area contributed by atoms with E-state index in [-0.39, 0.29) is 0 Å². The molecule has 2 aromatic heterocycles. The quantitative estimate of drug-likeness (QED) is 0.895. The predicted molar refractivity (Wildman–Crippen MR) is 75.0 cm³/mol. The van der Waals surface area contributed by atoms with E-state index < -0.39 is 0 Å². The molecule has 1 N–H and O–H groups in total. The SMILES string of the molecule is Cc1ccsc1-c1nc(C2CCCNC2)cs1. The van der Waals surface area contributed by atoms with E-state index in [1.807, 2.05) is 0 Å². The molecular weight excluding hydrogens is 248 g/mol. The summed E-state index contributed by atoms with van der Waals surface area (Å²) in [6.45, 7) is 4.42. The number of aryl methyl sites for hydroxylation is 1. The summed E-state index contributed by atoms with van der Waals surface area (Å²) in [7, 11) is 0. The molecule has 0 aliphatic carbocycles. The third kappa shape index (κ3) is 2.30. The molecular formula is C13H16N2S2. The van der Waals surface area contributed by atoms with Gasteiger partial charge in [-0.3, -0.25) is 0 Å². The van der Waals surface area contributed by atoms with Crippen LogP contribution in [0, 0.1) is 6.92 Å². The number of hydrogen-bond donors (Lipinski definition) is 1. The molecule has 2 aromatic rings. The predicted octanol–water partition coefficient (Wildman–Crippen LogP) is 3.65. The van der Waals surface area contributed by atoms with E-state index in [1.165, 1.54) is 34.0 Å². The summed E-state index contributed by atoms with van der Waals surface area (Å²) in [6.07, 6.45) is 2.55. The topological polar surface area (TPSA) is 24.9 Å². The first kappa shape index (κ1) is 11.4. The van der Waals surface area contributed by atoms with Crippen LogP contribution in [0.2, 0.25) is 0 Å². The van der Waals surface area contributed by atoms with Crippen molar-refractivity contribution in [3.63, 3.8) is 0 Å². The Labute approximate surface area is 110 Å². The van der Waals surface area contributed by atoms with E-state index >= 15 is 0 Å². The maximum Gasteiger partial charge on any atom is 0.133 e. The second-order valence-electron chi connectivity index (χ2n) is 4.55. The van der Waals surface area contributed by atoms with Crippen molar-refractivity contribution in [1.82, 2.24) is 10.3 Å². The number of thiazole rings is 1. The molecule has 1 aliphatic rings. The Morgan fingerprint density at radius 3 is 3.06 bits per heavy atom. The molecule has 0 saturated carbocycles. The Morgan fingerprint density at radius 1 is 1.41 bits per heavy atom. The minimum absolute atomic E-state index is 0.619. The molecule has 0 bridgehead atoms. The molecule has 1 atom stereocenters. The fraction of sp³-hybridized carbons (Fsp3) is 0.462. The van der Waals surface area contributed by atoms with Crippen molar-refractivity contribution in [2.24, 2.45) is 0 Å². The summed E-state index contributed by atoms with van der Waals surface area (Å²) < 4.78 is 0. The average Bonchev–Trinajstić information content (AvgIpc) is 2.98. The van der Waals surface area contributed by atoms with Crippen LogP contribution < -0.4 is 5.32 Å². The van der Waals surface area contributed by atoms with Crippen molar-refractivity contribution in [1.29, 1.82) is 0 Å². The summed E-state index contributed by atoms with van der Waals surface area (Å²) in [4.78, 5) is 6.16. The highest BCUT2D eigenvalue weighted by atomic mass is 32.1. The normalized spacial score (nSPS) is 20.6. The zero-order valence-electron chi connectivity index (χ0n) is 9.90. The van der Waals surface area contributed by atoms with Crippen LogP contribution >= 0.6 is 22.7 Å². The summed E-state index contributed by atoms with van der Waals surface area (Å²) in [5.74, 6) is 0.619. The van der Waals surface area contributed by atoms with E-state index in [9.17, 15) is 0 Å². The Morgan fingerprint density at radius 2 is 2.35 bits per heavy atom. The lowest BCUT2D eigenvalue weighted by Crippen LogP contribution is -2.28. The van der Waals surface area contributed by atoms with Crippen molar-refractivity contribution < 1.29 is 0 Å². The van der Waals surface area contributed by atoms with E-state index in [0.717, 1.165) is 13.1 Å². The molecule has 0 radical (unpaired) electrons. The van der Waals surface area contributed by atoms with Crippen LogP contribution in [0.25, 0.3) is 9.88 Å². The summed E-state index contributed by atoms with van der Waals surface area (Å²) >= 11 is 3.58. The lowest BCUT2D eigenvalue weighted by molar-refractivity contribution is 0.456. The van der Waals surface area contributed by atoms with Gasteiger partial charge in [-0.15, -0.1) is 22.7 Å². The van der Waals surface area contributed by atoms with Gasteiger partial charge in [0.25, 0.3) is 0 Å². The number of hydrogen-bond acceptors (Lipinski definition) is 4. The molecule has 0 amide bonds. The van der Waals surface area contributed by atoms with Gasteiger partial charge in [-0.25, -0.2) is 4.98 Å². The molecule has 1 fully saturated rings. The third-order valence-electron chi connectivity index (χ3n) is 3.29. The number of nitrogens with one attached hydrogen (secondary N) is 1. The first-order valence-electron chi connectivity index (χ1n) is 6.05. The van der Waals surface area contributed by atoms with Crippen molar-refractivity contribution in [3.05, 3.63) is 28.1 Å². The maximum absolute atomic E-state index is 4.83. The van der Waals surface area contributed by atoms with Crippen LogP contribution in [0.5, 0.6) is 0 Å². The maximum atomic E-state index is 4.83. The average molecular weight is 264 g/mol. The van der Waals surface area contributed by atoms with Crippen LogP contribution in [0.1, 0.15) is 30.0 Å². The second-order valence-corrected chi connectivity index (χ2v) is 6.33. The Balaban J connectivity index is 1.85. The largest absolute Gasteiger partial charge is 0.316 e. The fourth-order valence-corrected chi connectivity index (χ4v) is 4.28. The highest BCUT2D eigenvalue weighted by Crippen LogP contribution is 2.34. The molecule has 1 aliphatic heterocycles. The summed E-state index contributed by atoms with van der Waals surface area (Å²) in [5.41, 5.74) is 2.63. The minimum atomic E-state index is 0.619. The van der Waals surface area contributed by atoms with Crippen molar-refractivity contribution >= 4 is 22.7 Å². The van der Waals surface area contributed by atoms with Gasteiger partial charge in [0.05, 0.1) is 10.6 Å². The minimum Gasteiger partial charge on any atom is -0.316 e. The monoisotopic (exact) mass is 264 g/mol. The molecule has 1 saturated heterocycles. The van der Waals surface area contributed by atoms with Gasteiger partial charge in [-0.1, -0.05) is 0 Å². The highest BCUT2D eigenvalue weighted by Gasteiger charge is 2.18. The van der Waals surface area contributed by atoms with Crippen molar-refractivity contribution in [2.75, 3.05) is 13.1 Å². The van der Waals surface area contributed by atoms with E-state index in [2.05, 4.69) is 29.1 Å². The molecule has 4 heteroatoms. The molecule has 17 heavy (non-hydrogen) atoms. The van der Waals surface area contributed by atoms with Crippen LogP contribution in [0.15, 0.2) is 16.8 Å². The van der Waals surface area contributed by atoms with E-state index in [0.29, 0.717) is 5.92 Å². The van der Waals surface area contributed by atoms with E-state index in [4.69, 9.17) is 4.98 Å². The number of nitrogens with zero attached hydrogens (tertiary/aromatic N) is 1. The first-order chi connectivity index (χ1) is 8.34. The van der Waals surface area contributed by atoms with Crippen LogP contribution in [0.4, 0.5) is 0 Å². The zero-order valence-corrected chi connectivity index (χ0v) is 11.5. The van der Waals surface area contributed by atoms with Gasteiger partial charge in [-0.2, -0.15) is 0 Å². The van der Waals surface area contributed by atoms with Gasteiger partial charge in [0.2, 0.25) is 0 Å². The lowest BCUT2D eigenvalue weighted by atomic mass is 9.97. The molecule has 2 nitrogen and oxygen atoms in total. The van der Waals surface area contributed by atoms with Crippen LogP contribution in [-0.4, -0.2) is 18.1 Å². The molecule has 0 aromatic carbocycles. The van der Waals surface area contributed by atoms with Gasteiger partial charge in [0.15, 0.2) is 0 Å². The number of thiophene rings is 1. The molecule has 3 heterocycles. The highest BCUT2D eigenvalue weighted by molar-refractivity contribution is 7.20. The van der Waals surface area contributed by atoms with Crippen LogP contribution in [-0.2, 0) is 0 Å². The zero-order chi connectivity index (χ0) is 11.7. The Bertz CT molecular complexity index is 495. The number of piperidine rings is 1. The molecule has 90 valence electrons. The smallest absolute Gasteiger partial charge is 0.133 e. The molecule has 3 rings (SSSR count). The van der Waals surface area contributed by atoms with Gasteiger partial charge < -0.3 is 5.32 Å². The van der Waals surface area contributed by atoms with Gasteiger partial charge in [0, 0.05) is 17.8 Å². The van der Waals surface area contributed by atoms with Gasteiger partial charge in [-0.05, 0) is 43.3 Å². The third-order valence-corrected chi connectivity index (χ3v) is 5.32. The second kappa shape index (κ2) is 4.88. The molecule has 0 spiro atoms. The fourth-order valence-electron chi connectivity index (χ4n) is 2.27. The number of aromatic nitrogens is 1. The van der Waals surface area contributed by atoms with Gasteiger partial charge in [0.1, 0.15) is 5.01 Å². The Hall–Kier alpha value is -0.710. The Kier molecular flexibility index (Phi) is 3.27. The molecule has 1 unspecified atom stereocenters. The lowest BCUT2D eigenvalue weighted by Gasteiger charge is -2.20. The van der Waals surface area contributed by atoms with Gasteiger partial charge >= 0.3 is 0 Å². The standard InChI is InChI=1S/C13H16N2S2/c1-9-4-6-16-12(9)13-15-11(8-17-13)10-3-2-5-14-7-10/h4,6,8,10,14H,2-3,5,7H2,1H3. The van der Waals surface area contributed by atoms with Crippen molar-refractivity contribution in [2.45, 2.75) is 25.7 Å². The van der Waals surface area contributed by atoms with Crippen molar-refractivity contribution in [3.8, 4) is 9.88 Å². The summed E-state index contributed by atoms with van der Waals surface area (Å²) in [6, 6.07) is 2.17. The number of rotatable bonds is 2. The summed E-state index contributed by atoms with van der Waals surface area (Å²) in [5, 5.41) is 9.04.